The molecule has 0 spiro atoms. The summed E-state index contributed by atoms with van der Waals surface area (Å²) in [7, 11) is 5.94. The summed E-state index contributed by atoms with van der Waals surface area (Å²) < 4.78 is 22.7. The van der Waals surface area contributed by atoms with Gasteiger partial charge in [0.05, 0.1) is 34.4 Å². The molecule has 432 valence electrons. The number of carbonyl (C=O) groups is 3. The van der Waals surface area contributed by atoms with Crippen molar-refractivity contribution in [1.82, 2.24) is 0 Å². The van der Waals surface area contributed by atoms with Crippen LogP contribution in [-0.2, 0) is 33.3 Å². The van der Waals surface area contributed by atoms with Crippen LogP contribution in [-0.4, -0.2) is 87.4 Å². The van der Waals surface area contributed by atoms with Gasteiger partial charge in [-0.25, -0.2) is 4.79 Å². The van der Waals surface area contributed by atoms with Crippen LogP contribution in [0.15, 0.2) is 85.1 Å². The van der Waals surface area contributed by atoms with Gasteiger partial charge in [-0.15, -0.1) is 0 Å². The number of ether oxygens (including phenoxy) is 4. The van der Waals surface area contributed by atoms with Gasteiger partial charge in [0.2, 0.25) is 0 Å². The molecule has 2 unspecified atom stereocenters. The lowest BCUT2D eigenvalue weighted by molar-refractivity contribution is -0.870. The van der Waals surface area contributed by atoms with Crippen LogP contribution in [0.5, 0.6) is 0 Å². The lowest BCUT2D eigenvalue weighted by Gasteiger charge is -2.25. The van der Waals surface area contributed by atoms with E-state index in [1.54, 1.807) is 0 Å². The van der Waals surface area contributed by atoms with Crippen molar-refractivity contribution in [3.8, 4) is 0 Å². The Kier molecular flexibility index (Phi) is 54.0. The molecule has 0 bridgehead atoms. The summed E-state index contributed by atoms with van der Waals surface area (Å²) in [5.74, 6) is -2.11. The highest BCUT2D eigenvalue weighted by atomic mass is 16.7. The third-order valence-electron chi connectivity index (χ3n) is 13.1. The number of hydrogen-bond donors (Lipinski definition) is 1. The first kappa shape index (κ1) is 71.5. The van der Waals surface area contributed by atoms with Crippen molar-refractivity contribution in [2.75, 3.05) is 47.5 Å². The molecule has 0 saturated heterocycles. The van der Waals surface area contributed by atoms with Gasteiger partial charge in [0.1, 0.15) is 13.2 Å². The maximum Gasteiger partial charge on any atom is 0.361 e. The Morgan fingerprint density at radius 3 is 1.19 bits per heavy atom. The third-order valence-corrected chi connectivity index (χ3v) is 13.1. The van der Waals surface area contributed by atoms with E-state index in [-0.39, 0.29) is 38.6 Å². The highest BCUT2D eigenvalue weighted by Crippen LogP contribution is 2.17. The van der Waals surface area contributed by atoms with Gasteiger partial charge < -0.3 is 28.5 Å². The van der Waals surface area contributed by atoms with Gasteiger partial charge in [-0.1, -0.05) is 253 Å². The zero-order valence-electron chi connectivity index (χ0n) is 49.2. The van der Waals surface area contributed by atoms with Crippen LogP contribution >= 0.6 is 0 Å². The molecule has 75 heavy (non-hydrogen) atoms. The summed E-state index contributed by atoms with van der Waals surface area (Å²) in [6.45, 7) is 4.67. The number of quaternary nitrogens is 1. The third kappa shape index (κ3) is 58.0. The molecular weight excluding hydrogens is 935 g/mol. The highest BCUT2D eigenvalue weighted by molar-refractivity contribution is 5.71. The zero-order chi connectivity index (χ0) is 54.8. The van der Waals surface area contributed by atoms with E-state index in [4.69, 9.17) is 18.9 Å². The Labute approximate surface area is 461 Å². The van der Waals surface area contributed by atoms with Crippen LogP contribution in [0.3, 0.4) is 0 Å². The number of esters is 2. The minimum atomic E-state index is -1.53. The topological polar surface area (TPSA) is 108 Å². The van der Waals surface area contributed by atoms with Crippen molar-refractivity contribution < 1.29 is 42.9 Å². The van der Waals surface area contributed by atoms with Gasteiger partial charge in [0, 0.05) is 12.8 Å². The number of likely N-dealkylation sites (N-methyl/N-ethyl adjacent to an activating group) is 1. The molecule has 0 aromatic rings. The van der Waals surface area contributed by atoms with E-state index < -0.39 is 24.3 Å². The van der Waals surface area contributed by atoms with E-state index >= 15 is 0 Å². The van der Waals surface area contributed by atoms with Crippen LogP contribution < -0.4 is 0 Å². The zero-order valence-corrected chi connectivity index (χ0v) is 49.2. The molecule has 0 amide bonds. The summed E-state index contributed by atoms with van der Waals surface area (Å²) in [6.07, 6.45) is 73.0. The highest BCUT2D eigenvalue weighted by Gasteiger charge is 2.25. The van der Waals surface area contributed by atoms with Crippen molar-refractivity contribution >= 4 is 17.9 Å². The molecule has 0 aliphatic rings. The predicted molar refractivity (Wildman–Crippen MR) is 318 cm³/mol. The van der Waals surface area contributed by atoms with Crippen molar-refractivity contribution in [2.45, 2.75) is 270 Å². The second kappa shape index (κ2) is 56.7. The van der Waals surface area contributed by atoms with Gasteiger partial charge in [-0.05, 0) is 77.0 Å². The number of hydrogen-bond acceptors (Lipinski definition) is 7. The Bertz CT molecular complexity index is 1500. The van der Waals surface area contributed by atoms with E-state index in [9.17, 15) is 19.5 Å². The number of unbranched alkanes of at least 4 members (excludes halogenated alkanes) is 27. The standard InChI is InChI=1S/C66H115NO8/c1-6-8-10-12-14-16-18-20-21-22-23-24-25-26-27-28-29-30-31-32-33-34-35-36-37-38-39-40-41-42-43-45-46-48-50-52-54-56-63(68)73-60-62(61-74-66(65(70)71)72-59-58-67(3,4)5)75-64(69)57-55-53-51-49-47-44-19-17-15-13-11-9-7-2/h9,11,15,17-18,20,22-23,25-26,44,47,51,53,62,66H,6-8,10,12-14,16,19,21,24,27-43,45-46,48-50,52,54-61H2,1-5H3/p+1/b11-9-,17-15-,20-18-,23-22-,26-25-,47-44-,53-51-. The molecule has 0 rings (SSSR count). The van der Waals surface area contributed by atoms with Crippen LogP contribution in [0.4, 0.5) is 0 Å². The summed E-state index contributed by atoms with van der Waals surface area (Å²) >= 11 is 0. The molecule has 0 aromatic carbocycles. The molecule has 9 nitrogen and oxygen atoms in total. The molecule has 0 radical (unpaired) electrons. The largest absolute Gasteiger partial charge is 0.477 e. The molecule has 0 fully saturated rings. The molecule has 0 saturated carbocycles. The van der Waals surface area contributed by atoms with Crippen LogP contribution in [0, 0.1) is 0 Å². The van der Waals surface area contributed by atoms with Crippen molar-refractivity contribution in [1.29, 1.82) is 0 Å². The van der Waals surface area contributed by atoms with E-state index in [1.165, 1.54) is 167 Å². The first-order valence-electron chi connectivity index (χ1n) is 30.8. The second-order valence-corrected chi connectivity index (χ2v) is 21.6. The fourth-order valence-electron chi connectivity index (χ4n) is 8.45. The first-order chi connectivity index (χ1) is 36.6. The van der Waals surface area contributed by atoms with Crippen LogP contribution in [0.25, 0.3) is 0 Å². The summed E-state index contributed by atoms with van der Waals surface area (Å²) in [4.78, 5) is 37.3. The molecule has 0 aliphatic carbocycles. The number of carboxylic acid groups (broad SMARTS) is 1. The van der Waals surface area contributed by atoms with Gasteiger partial charge in [0.25, 0.3) is 6.29 Å². The van der Waals surface area contributed by atoms with Crippen molar-refractivity contribution in [2.24, 2.45) is 0 Å². The SMILES string of the molecule is CC/C=C\C/C=C\C/C=C\C/C=C\CCC(=O)OC(COC(=O)CCCCCCCCCCCCCCCCCCCCCCCC/C=C\C/C=C\C/C=C\CCCCCCC)COC(OCC[N+](C)(C)C)C(=O)O. The number of rotatable bonds is 56. The van der Waals surface area contributed by atoms with Crippen LogP contribution in [0.1, 0.15) is 258 Å². The molecule has 0 aromatic heterocycles. The maximum absolute atomic E-state index is 12.8. The van der Waals surface area contributed by atoms with Crippen molar-refractivity contribution in [3.63, 3.8) is 0 Å². The smallest absolute Gasteiger partial charge is 0.361 e. The Hall–Kier alpha value is -3.53. The van der Waals surface area contributed by atoms with E-state index in [2.05, 4.69) is 86.8 Å². The summed E-state index contributed by atoms with van der Waals surface area (Å²) in [5, 5.41) is 9.67. The lowest BCUT2D eigenvalue weighted by atomic mass is 10.0. The number of aliphatic carboxylic acids is 1. The number of allylic oxidation sites excluding steroid dienone is 14. The monoisotopic (exact) mass is 1050 g/mol. The number of carboxylic acids is 1. The first-order valence-corrected chi connectivity index (χ1v) is 30.8. The summed E-state index contributed by atoms with van der Waals surface area (Å²) in [6, 6.07) is 0. The van der Waals surface area contributed by atoms with Crippen molar-refractivity contribution in [3.05, 3.63) is 85.1 Å². The molecular formula is C66H116NO8+. The van der Waals surface area contributed by atoms with E-state index in [1.807, 2.05) is 33.3 Å². The molecule has 9 heteroatoms. The Morgan fingerprint density at radius 2 is 0.787 bits per heavy atom. The lowest BCUT2D eigenvalue weighted by Crippen LogP contribution is -2.40. The second-order valence-electron chi connectivity index (χ2n) is 21.6. The molecule has 2 atom stereocenters. The fourth-order valence-corrected chi connectivity index (χ4v) is 8.45. The number of nitrogens with zero attached hydrogens (tertiary/aromatic N) is 1. The van der Waals surface area contributed by atoms with E-state index in [0.717, 1.165) is 57.8 Å². The van der Waals surface area contributed by atoms with Gasteiger partial charge >= 0.3 is 17.9 Å². The normalized spacial score (nSPS) is 13.3. The predicted octanol–water partition coefficient (Wildman–Crippen LogP) is 18.3. The minimum absolute atomic E-state index is 0.137. The Morgan fingerprint density at radius 1 is 0.413 bits per heavy atom. The van der Waals surface area contributed by atoms with E-state index in [0.29, 0.717) is 17.4 Å². The molecule has 0 aliphatic heterocycles. The fraction of sp³-hybridized carbons (Fsp3) is 0.742. The van der Waals surface area contributed by atoms with Gasteiger partial charge in [0.15, 0.2) is 6.10 Å². The Balaban J connectivity index is 4.00. The average Bonchev–Trinajstić information content (AvgIpc) is 3.38. The maximum atomic E-state index is 12.8. The average molecular weight is 1050 g/mol. The summed E-state index contributed by atoms with van der Waals surface area (Å²) in [5.41, 5.74) is 0. The molecule has 0 heterocycles. The van der Waals surface area contributed by atoms with Gasteiger partial charge in [-0.2, -0.15) is 0 Å². The minimum Gasteiger partial charge on any atom is -0.477 e. The quantitative estimate of drug-likeness (QED) is 0.0211. The van der Waals surface area contributed by atoms with Crippen LogP contribution in [0.2, 0.25) is 0 Å². The number of carbonyl (C=O) groups excluding carboxylic acids is 2. The van der Waals surface area contributed by atoms with Gasteiger partial charge in [-0.3, -0.25) is 9.59 Å². The molecule has 1 N–H and O–H groups in total.